The highest BCUT2D eigenvalue weighted by atomic mass is 79.9. The van der Waals surface area contributed by atoms with E-state index in [0.717, 1.165) is 27.2 Å². The predicted octanol–water partition coefficient (Wildman–Crippen LogP) is 4.00. The summed E-state index contributed by atoms with van der Waals surface area (Å²) in [7, 11) is 0. The number of nitrogens with one attached hydrogen (secondary N) is 2. The van der Waals surface area contributed by atoms with Gasteiger partial charge in [-0.15, -0.1) is 0 Å². The lowest BCUT2D eigenvalue weighted by molar-refractivity contribution is -0.138. The highest BCUT2D eigenvalue weighted by Gasteiger charge is 2.23. The second-order valence-electron chi connectivity index (χ2n) is 7.33. The van der Waals surface area contributed by atoms with Crippen LogP contribution in [0.5, 0.6) is 0 Å². The zero-order valence-corrected chi connectivity index (χ0v) is 18.7. The SMILES string of the molecule is CCOC(=O)C(=CCC[C@H]1CCNC1=O)NC(=O)c1cc(Br)c2cc(C)ccc2c1. The van der Waals surface area contributed by atoms with Crippen molar-refractivity contribution in [1.29, 1.82) is 0 Å². The molecule has 0 aromatic heterocycles. The van der Waals surface area contributed by atoms with E-state index in [1.54, 1.807) is 25.1 Å². The molecule has 1 heterocycles. The summed E-state index contributed by atoms with van der Waals surface area (Å²) in [5.41, 5.74) is 1.66. The van der Waals surface area contributed by atoms with Crippen molar-refractivity contribution in [3.05, 3.63) is 57.7 Å². The van der Waals surface area contributed by atoms with Crippen molar-refractivity contribution in [2.75, 3.05) is 13.2 Å². The van der Waals surface area contributed by atoms with Gasteiger partial charge in [0.2, 0.25) is 5.91 Å². The number of carbonyl (C=O) groups is 3. The number of aryl methyl sites for hydroxylation is 1. The molecule has 0 aliphatic carbocycles. The van der Waals surface area contributed by atoms with Gasteiger partial charge in [0.1, 0.15) is 5.70 Å². The molecule has 1 aliphatic heterocycles. The highest BCUT2D eigenvalue weighted by molar-refractivity contribution is 9.10. The van der Waals surface area contributed by atoms with Gasteiger partial charge >= 0.3 is 5.97 Å². The lowest BCUT2D eigenvalue weighted by Crippen LogP contribution is -2.28. The zero-order chi connectivity index (χ0) is 21.7. The molecular weight excluding hydrogens is 448 g/mol. The average Bonchev–Trinajstić information content (AvgIpc) is 3.12. The second-order valence-corrected chi connectivity index (χ2v) is 8.18. The molecule has 2 aromatic carbocycles. The molecule has 1 aliphatic rings. The molecule has 2 amide bonds. The Bertz CT molecular complexity index is 1020. The minimum absolute atomic E-state index is 0.0429. The Balaban J connectivity index is 1.77. The Morgan fingerprint density at radius 2 is 2.10 bits per heavy atom. The van der Waals surface area contributed by atoms with Gasteiger partial charge in [-0.25, -0.2) is 4.79 Å². The number of amides is 2. The molecule has 6 nitrogen and oxygen atoms in total. The summed E-state index contributed by atoms with van der Waals surface area (Å²) in [5.74, 6) is -0.991. The molecule has 1 fully saturated rings. The van der Waals surface area contributed by atoms with E-state index in [4.69, 9.17) is 4.74 Å². The number of fused-ring (bicyclic) bond motifs is 1. The quantitative estimate of drug-likeness (QED) is 0.470. The first-order chi connectivity index (χ1) is 14.4. The molecule has 30 heavy (non-hydrogen) atoms. The second kappa shape index (κ2) is 9.89. The third kappa shape index (κ3) is 5.27. The third-order valence-corrected chi connectivity index (χ3v) is 5.75. The van der Waals surface area contributed by atoms with Crippen LogP contribution in [-0.4, -0.2) is 30.9 Å². The molecule has 0 radical (unpaired) electrons. The van der Waals surface area contributed by atoms with Gasteiger partial charge in [-0.05, 0) is 56.0 Å². The summed E-state index contributed by atoms with van der Waals surface area (Å²) in [4.78, 5) is 36.9. The summed E-state index contributed by atoms with van der Waals surface area (Å²) in [6, 6.07) is 9.52. The standard InChI is InChI=1S/C23H25BrN2O4/c1-3-30-23(29)20(6-4-5-15-9-10-25-21(15)27)26-22(28)17-12-16-8-7-14(2)11-18(16)19(24)13-17/h6-8,11-13,15H,3-5,9-10H2,1-2H3,(H,25,27)(H,26,28)/t15-/m0/s1. The highest BCUT2D eigenvalue weighted by Crippen LogP contribution is 2.27. The van der Waals surface area contributed by atoms with Gasteiger partial charge in [-0.2, -0.15) is 0 Å². The Labute approximate surface area is 184 Å². The number of benzene rings is 2. The van der Waals surface area contributed by atoms with Crippen molar-refractivity contribution < 1.29 is 19.1 Å². The van der Waals surface area contributed by atoms with Gasteiger partial charge in [0.15, 0.2) is 0 Å². The minimum atomic E-state index is -0.586. The van der Waals surface area contributed by atoms with Crippen LogP contribution in [-0.2, 0) is 14.3 Å². The molecule has 0 bridgehead atoms. The summed E-state index contributed by atoms with van der Waals surface area (Å²) in [5, 5.41) is 7.43. The number of esters is 1. The van der Waals surface area contributed by atoms with Crippen LogP contribution in [0.1, 0.15) is 42.1 Å². The molecule has 0 spiro atoms. The first kappa shape index (κ1) is 22.0. The van der Waals surface area contributed by atoms with Gasteiger partial charge < -0.3 is 15.4 Å². The molecule has 1 atom stereocenters. The fraction of sp³-hybridized carbons (Fsp3) is 0.348. The van der Waals surface area contributed by atoms with Crippen molar-refractivity contribution in [2.24, 2.45) is 5.92 Å². The Morgan fingerprint density at radius 1 is 1.30 bits per heavy atom. The van der Waals surface area contributed by atoms with Crippen LogP contribution in [0.2, 0.25) is 0 Å². The van der Waals surface area contributed by atoms with Crippen LogP contribution in [0, 0.1) is 12.8 Å². The molecular formula is C23H25BrN2O4. The molecule has 0 saturated carbocycles. The van der Waals surface area contributed by atoms with Crippen LogP contribution >= 0.6 is 15.9 Å². The topological polar surface area (TPSA) is 84.5 Å². The van der Waals surface area contributed by atoms with Gasteiger partial charge in [0, 0.05) is 22.5 Å². The van der Waals surface area contributed by atoms with Crippen LogP contribution < -0.4 is 10.6 Å². The first-order valence-electron chi connectivity index (χ1n) is 10.0. The van der Waals surface area contributed by atoms with E-state index >= 15 is 0 Å². The molecule has 1 saturated heterocycles. The van der Waals surface area contributed by atoms with Crippen molar-refractivity contribution in [2.45, 2.75) is 33.1 Å². The maximum atomic E-state index is 12.9. The van der Waals surface area contributed by atoms with Crippen molar-refractivity contribution in [3.63, 3.8) is 0 Å². The van der Waals surface area contributed by atoms with E-state index in [1.807, 2.05) is 25.1 Å². The van der Waals surface area contributed by atoms with Crippen molar-refractivity contribution in [1.82, 2.24) is 10.6 Å². The lowest BCUT2D eigenvalue weighted by Gasteiger charge is -2.12. The van der Waals surface area contributed by atoms with E-state index in [-0.39, 0.29) is 24.1 Å². The minimum Gasteiger partial charge on any atom is -0.461 e. The maximum absolute atomic E-state index is 12.9. The normalized spacial score (nSPS) is 16.4. The average molecular weight is 473 g/mol. The summed E-state index contributed by atoms with van der Waals surface area (Å²) >= 11 is 3.53. The maximum Gasteiger partial charge on any atom is 0.354 e. The summed E-state index contributed by atoms with van der Waals surface area (Å²) in [6.45, 7) is 4.61. The Morgan fingerprint density at radius 3 is 2.80 bits per heavy atom. The fourth-order valence-electron chi connectivity index (χ4n) is 3.50. The number of carbonyl (C=O) groups excluding carboxylic acids is 3. The first-order valence-corrected chi connectivity index (χ1v) is 10.8. The van der Waals surface area contributed by atoms with Gasteiger partial charge in [-0.1, -0.05) is 45.8 Å². The number of halogens is 1. The molecule has 0 unspecified atom stereocenters. The van der Waals surface area contributed by atoms with Crippen LogP contribution in [0.4, 0.5) is 0 Å². The van der Waals surface area contributed by atoms with Gasteiger partial charge in [-0.3, -0.25) is 9.59 Å². The number of hydrogen-bond acceptors (Lipinski definition) is 4. The number of hydrogen-bond donors (Lipinski definition) is 2. The molecule has 7 heteroatoms. The lowest BCUT2D eigenvalue weighted by atomic mass is 10.0. The monoisotopic (exact) mass is 472 g/mol. The molecule has 3 rings (SSSR count). The molecule has 2 N–H and O–H groups in total. The number of rotatable bonds is 7. The van der Waals surface area contributed by atoms with Crippen LogP contribution in [0.25, 0.3) is 10.8 Å². The van der Waals surface area contributed by atoms with E-state index in [2.05, 4.69) is 26.6 Å². The van der Waals surface area contributed by atoms with Crippen molar-refractivity contribution >= 4 is 44.5 Å². The number of allylic oxidation sites excluding steroid dienone is 1. The van der Waals surface area contributed by atoms with E-state index in [1.165, 1.54) is 0 Å². The number of ether oxygens (including phenoxy) is 1. The Hall–Kier alpha value is -2.67. The smallest absolute Gasteiger partial charge is 0.354 e. The predicted molar refractivity (Wildman–Crippen MR) is 119 cm³/mol. The fourth-order valence-corrected chi connectivity index (χ4v) is 4.09. The zero-order valence-electron chi connectivity index (χ0n) is 17.1. The van der Waals surface area contributed by atoms with Gasteiger partial charge in [0.05, 0.1) is 6.61 Å². The summed E-state index contributed by atoms with van der Waals surface area (Å²) in [6.07, 6.45) is 3.54. The third-order valence-electron chi connectivity index (χ3n) is 5.09. The van der Waals surface area contributed by atoms with Gasteiger partial charge in [0.25, 0.3) is 5.91 Å². The van der Waals surface area contributed by atoms with E-state index in [9.17, 15) is 14.4 Å². The van der Waals surface area contributed by atoms with Crippen molar-refractivity contribution in [3.8, 4) is 0 Å². The van der Waals surface area contributed by atoms with Crippen LogP contribution in [0.3, 0.4) is 0 Å². The summed E-state index contributed by atoms with van der Waals surface area (Å²) < 4.78 is 5.89. The Kier molecular flexibility index (Phi) is 7.26. The largest absolute Gasteiger partial charge is 0.461 e. The van der Waals surface area contributed by atoms with E-state index < -0.39 is 11.9 Å². The molecule has 158 valence electrons. The van der Waals surface area contributed by atoms with Crippen LogP contribution in [0.15, 0.2) is 46.6 Å². The van der Waals surface area contributed by atoms with E-state index in [0.29, 0.717) is 24.9 Å². The molecule has 2 aromatic rings.